The summed E-state index contributed by atoms with van der Waals surface area (Å²) in [7, 11) is 0. The van der Waals surface area contributed by atoms with Crippen molar-refractivity contribution in [2.45, 2.75) is 39.3 Å². The van der Waals surface area contributed by atoms with Gasteiger partial charge in [0.05, 0.1) is 18.0 Å². The topological polar surface area (TPSA) is 89.2 Å². The van der Waals surface area contributed by atoms with E-state index in [0.29, 0.717) is 30.1 Å². The van der Waals surface area contributed by atoms with Crippen molar-refractivity contribution in [1.82, 2.24) is 14.5 Å². The number of amidine groups is 1. The van der Waals surface area contributed by atoms with E-state index >= 15 is 0 Å². The zero-order valence-electron chi connectivity index (χ0n) is 20.4. The Balaban J connectivity index is 1.49. The van der Waals surface area contributed by atoms with E-state index in [9.17, 15) is 14.3 Å². The molecule has 5 rings (SSSR count). The minimum absolute atomic E-state index is 0.120. The van der Waals surface area contributed by atoms with Gasteiger partial charge in [-0.2, -0.15) is 0 Å². The first kappa shape index (κ1) is 23.6. The van der Waals surface area contributed by atoms with Gasteiger partial charge in [-0.3, -0.25) is 0 Å². The molecule has 2 aromatic carbocycles. The number of esters is 1. The number of phenolic OH excluding ortho intramolecular Hbond substituents is 1. The number of oxime groups is 1. The summed E-state index contributed by atoms with van der Waals surface area (Å²) in [5, 5.41) is 15.0. The Morgan fingerprint density at radius 3 is 2.69 bits per heavy atom. The van der Waals surface area contributed by atoms with Crippen molar-refractivity contribution in [2.75, 3.05) is 13.2 Å². The number of nitrogens with zero attached hydrogens (tertiary/aromatic N) is 4. The van der Waals surface area contributed by atoms with Crippen molar-refractivity contribution in [2.24, 2.45) is 5.16 Å². The fourth-order valence-electron chi connectivity index (χ4n) is 4.80. The number of aromatic nitrogens is 2. The molecule has 1 atom stereocenters. The van der Waals surface area contributed by atoms with E-state index in [-0.39, 0.29) is 12.4 Å². The number of carbonyl (C=O) groups is 1. The first-order valence-electron chi connectivity index (χ1n) is 11.9. The molecule has 36 heavy (non-hydrogen) atoms. The number of aryl methyl sites for hydroxylation is 2. The van der Waals surface area contributed by atoms with Gasteiger partial charge in [0.25, 0.3) is 0 Å². The SMILES string of the molecule is CCOC(=O)C1(c2ccc(F)cc2)ON=C2/C(=C/c3ccc(-n4cc(C)nc4C)c(O)c3)CCCN21. The number of aromatic hydroxyl groups is 1. The molecule has 186 valence electrons. The van der Waals surface area contributed by atoms with Gasteiger partial charge in [0.1, 0.15) is 17.4 Å². The number of imidazole rings is 1. The number of halogens is 1. The van der Waals surface area contributed by atoms with Gasteiger partial charge in [-0.25, -0.2) is 14.2 Å². The Hall–Kier alpha value is -4.14. The van der Waals surface area contributed by atoms with E-state index in [1.54, 1.807) is 17.9 Å². The highest BCUT2D eigenvalue weighted by atomic mass is 19.1. The van der Waals surface area contributed by atoms with Gasteiger partial charge in [0, 0.05) is 18.3 Å². The summed E-state index contributed by atoms with van der Waals surface area (Å²) in [6, 6.07) is 11.0. The Morgan fingerprint density at radius 2 is 2.03 bits per heavy atom. The highest BCUT2D eigenvalue weighted by Gasteiger charge is 2.57. The number of carbonyl (C=O) groups excluding carboxylic acids is 1. The highest BCUT2D eigenvalue weighted by Crippen LogP contribution is 2.41. The van der Waals surface area contributed by atoms with Gasteiger partial charge in [-0.1, -0.05) is 11.2 Å². The van der Waals surface area contributed by atoms with Crippen molar-refractivity contribution in [3.63, 3.8) is 0 Å². The van der Waals surface area contributed by atoms with Crippen LogP contribution in [0.1, 0.15) is 42.4 Å². The van der Waals surface area contributed by atoms with Crippen molar-refractivity contribution >= 4 is 17.9 Å². The first-order valence-corrected chi connectivity index (χ1v) is 11.9. The Morgan fingerprint density at radius 1 is 1.25 bits per heavy atom. The fraction of sp³-hybridized carbons (Fsp3) is 0.296. The third-order valence-electron chi connectivity index (χ3n) is 6.41. The predicted molar refractivity (Wildman–Crippen MR) is 132 cm³/mol. The van der Waals surface area contributed by atoms with Gasteiger partial charge in [-0.15, -0.1) is 0 Å². The molecule has 1 unspecified atom stereocenters. The number of benzene rings is 2. The lowest BCUT2D eigenvalue weighted by atomic mass is 9.94. The molecule has 0 aliphatic carbocycles. The van der Waals surface area contributed by atoms with Crippen LogP contribution in [-0.4, -0.2) is 44.5 Å². The van der Waals surface area contributed by atoms with E-state index < -0.39 is 17.5 Å². The molecule has 0 saturated carbocycles. The highest BCUT2D eigenvalue weighted by molar-refractivity contribution is 6.06. The number of piperidine rings is 1. The van der Waals surface area contributed by atoms with Crippen LogP contribution in [0, 0.1) is 19.7 Å². The molecule has 0 bridgehead atoms. The number of phenols is 1. The zero-order chi connectivity index (χ0) is 25.4. The summed E-state index contributed by atoms with van der Waals surface area (Å²) in [5.74, 6) is 0.396. The molecular weight excluding hydrogens is 463 g/mol. The number of fused-ring (bicyclic) bond motifs is 1. The van der Waals surface area contributed by atoms with Crippen LogP contribution in [0.2, 0.25) is 0 Å². The fourth-order valence-corrected chi connectivity index (χ4v) is 4.80. The van der Waals surface area contributed by atoms with E-state index in [4.69, 9.17) is 9.57 Å². The third-order valence-corrected chi connectivity index (χ3v) is 6.41. The van der Waals surface area contributed by atoms with Crippen molar-refractivity contribution in [3.8, 4) is 11.4 Å². The van der Waals surface area contributed by atoms with Crippen LogP contribution >= 0.6 is 0 Å². The molecule has 0 amide bonds. The molecule has 1 aromatic heterocycles. The summed E-state index contributed by atoms with van der Waals surface area (Å²) < 4.78 is 20.9. The van der Waals surface area contributed by atoms with Gasteiger partial charge in [0.15, 0.2) is 5.84 Å². The van der Waals surface area contributed by atoms with Crippen LogP contribution in [0.5, 0.6) is 5.75 Å². The summed E-state index contributed by atoms with van der Waals surface area (Å²) in [5.41, 5.74) is 1.96. The number of ether oxygens (including phenoxy) is 1. The van der Waals surface area contributed by atoms with Crippen LogP contribution in [0.3, 0.4) is 0 Å². The maximum atomic E-state index is 13.6. The summed E-state index contributed by atoms with van der Waals surface area (Å²) in [6.07, 6.45) is 5.25. The normalized spacial score (nSPS) is 20.2. The van der Waals surface area contributed by atoms with Gasteiger partial charge < -0.3 is 24.1 Å². The standard InChI is InChI=1S/C27H27FN4O4/c1-4-35-26(34)27(21-8-10-22(28)11-9-21)32-13-5-6-20(25(32)30-36-27)14-19-7-12-23(24(33)15-19)31-16-17(2)29-18(31)3/h7-12,14-16,33H,4-6,13H2,1-3H3/b20-14+. The quantitative estimate of drug-likeness (QED) is 0.527. The molecule has 0 spiro atoms. The molecule has 2 aliphatic heterocycles. The second-order valence-corrected chi connectivity index (χ2v) is 8.85. The summed E-state index contributed by atoms with van der Waals surface area (Å²) in [6.45, 7) is 6.18. The van der Waals surface area contributed by atoms with E-state index in [1.807, 2.05) is 42.8 Å². The monoisotopic (exact) mass is 490 g/mol. The van der Waals surface area contributed by atoms with Gasteiger partial charge >= 0.3 is 11.7 Å². The Bertz CT molecular complexity index is 1380. The second-order valence-electron chi connectivity index (χ2n) is 8.85. The molecule has 3 heterocycles. The van der Waals surface area contributed by atoms with Gasteiger partial charge in [-0.05, 0) is 87.2 Å². The zero-order valence-corrected chi connectivity index (χ0v) is 20.4. The number of rotatable bonds is 5. The minimum Gasteiger partial charge on any atom is -0.506 e. The van der Waals surface area contributed by atoms with Crippen LogP contribution in [0.25, 0.3) is 11.8 Å². The van der Waals surface area contributed by atoms with Gasteiger partial charge in [0.2, 0.25) is 0 Å². The lowest BCUT2D eigenvalue weighted by molar-refractivity contribution is -0.189. The van der Waals surface area contributed by atoms with Crippen molar-refractivity contribution < 1.29 is 23.9 Å². The molecule has 9 heteroatoms. The lowest BCUT2D eigenvalue weighted by Crippen LogP contribution is -2.54. The van der Waals surface area contributed by atoms with E-state index in [0.717, 1.165) is 29.1 Å². The van der Waals surface area contributed by atoms with Crippen LogP contribution in [-0.2, 0) is 20.1 Å². The average molecular weight is 491 g/mol. The van der Waals surface area contributed by atoms with E-state index in [2.05, 4.69) is 10.1 Å². The van der Waals surface area contributed by atoms with Crippen molar-refractivity contribution in [3.05, 3.63) is 82.7 Å². The average Bonchev–Trinajstić information content (AvgIpc) is 3.41. The molecule has 1 N–H and O–H groups in total. The lowest BCUT2D eigenvalue weighted by Gasteiger charge is -2.37. The minimum atomic E-state index is -1.62. The molecule has 0 radical (unpaired) electrons. The molecule has 2 aliphatic rings. The molecular formula is C27H27FN4O4. The van der Waals surface area contributed by atoms with Crippen LogP contribution in [0.15, 0.2) is 59.4 Å². The summed E-state index contributed by atoms with van der Waals surface area (Å²) >= 11 is 0. The maximum Gasteiger partial charge on any atom is 0.380 e. The van der Waals surface area contributed by atoms with Crippen molar-refractivity contribution in [1.29, 1.82) is 0 Å². The molecule has 1 fully saturated rings. The van der Waals surface area contributed by atoms with Crippen LogP contribution in [0.4, 0.5) is 4.39 Å². The predicted octanol–water partition coefficient (Wildman–Crippen LogP) is 4.57. The van der Waals surface area contributed by atoms with E-state index in [1.165, 1.54) is 24.3 Å². The Kier molecular flexibility index (Phi) is 5.99. The molecule has 3 aromatic rings. The molecule has 1 saturated heterocycles. The number of hydrogen-bond acceptors (Lipinski definition) is 7. The second kappa shape index (κ2) is 9.14. The maximum absolute atomic E-state index is 13.6. The number of hydrogen-bond donors (Lipinski definition) is 1. The molecule has 8 nitrogen and oxygen atoms in total. The van der Waals surface area contributed by atoms with Crippen LogP contribution < -0.4 is 0 Å². The largest absolute Gasteiger partial charge is 0.506 e. The smallest absolute Gasteiger partial charge is 0.380 e. The first-order chi connectivity index (χ1) is 17.3. The third kappa shape index (κ3) is 3.90. The summed E-state index contributed by atoms with van der Waals surface area (Å²) in [4.78, 5) is 25.2. The Labute approximate surface area is 208 Å².